The van der Waals surface area contributed by atoms with Crippen molar-refractivity contribution in [2.45, 2.75) is 50.0 Å². The molecule has 0 radical (unpaired) electrons. The fourth-order valence-electron chi connectivity index (χ4n) is 3.08. The van der Waals surface area contributed by atoms with Gasteiger partial charge in [-0.3, -0.25) is 5.10 Å². The minimum absolute atomic E-state index is 0.0283. The molecule has 1 aliphatic heterocycles. The highest BCUT2D eigenvalue weighted by molar-refractivity contribution is 7.89. The topological polar surface area (TPSA) is 79.0 Å². The number of hydrogen-bond donors (Lipinski definition) is 1. The van der Waals surface area contributed by atoms with Gasteiger partial charge in [-0.2, -0.15) is 9.40 Å². The maximum atomic E-state index is 14.4. The molecule has 1 aromatic heterocycles. The molecule has 0 bridgehead atoms. The Kier molecular flexibility index (Phi) is 4.21. The third-order valence-electron chi connectivity index (χ3n) is 4.31. The number of benzene rings is 1. The second-order valence-electron chi connectivity index (χ2n) is 7.04. The van der Waals surface area contributed by atoms with Crippen molar-refractivity contribution >= 4 is 10.0 Å². The van der Waals surface area contributed by atoms with E-state index in [1.165, 1.54) is 16.7 Å². The van der Waals surface area contributed by atoms with Crippen LogP contribution in [0.15, 0.2) is 29.4 Å². The lowest BCUT2D eigenvalue weighted by molar-refractivity contribution is 0.383. The minimum atomic E-state index is -3.79. The van der Waals surface area contributed by atoms with Crippen molar-refractivity contribution in [2.24, 2.45) is 0 Å². The number of rotatable bonds is 3. The molecule has 2 heterocycles. The lowest BCUT2D eigenvalue weighted by atomic mass is 9.87. The largest absolute Gasteiger partial charge is 0.262 e. The van der Waals surface area contributed by atoms with Crippen molar-refractivity contribution in [3.63, 3.8) is 0 Å². The summed E-state index contributed by atoms with van der Waals surface area (Å²) in [5.74, 6) is 0.0156. The van der Waals surface area contributed by atoms with Crippen molar-refractivity contribution in [2.75, 3.05) is 6.54 Å². The van der Waals surface area contributed by atoms with Gasteiger partial charge >= 0.3 is 0 Å². The molecular weight excluding hydrogens is 331 g/mol. The number of aromatic nitrogens is 3. The summed E-state index contributed by atoms with van der Waals surface area (Å²) in [4.78, 5) is 4.04. The molecule has 130 valence electrons. The zero-order valence-corrected chi connectivity index (χ0v) is 14.8. The van der Waals surface area contributed by atoms with Gasteiger partial charge in [0, 0.05) is 6.54 Å². The van der Waals surface area contributed by atoms with Gasteiger partial charge in [0.2, 0.25) is 10.0 Å². The number of nitrogens with zero attached hydrogens (tertiary/aromatic N) is 3. The maximum absolute atomic E-state index is 14.4. The molecule has 1 aromatic carbocycles. The summed E-state index contributed by atoms with van der Waals surface area (Å²) < 4.78 is 41.7. The van der Waals surface area contributed by atoms with Crippen LogP contribution in [0.1, 0.15) is 51.0 Å². The van der Waals surface area contributed by atoms with E-state index in [4.69, 9.17) is 0 Å². The average molecular weight is 352 g/mol. The molecule has 0 saturated carbocycles. The Morgan fingerprint density at radius 3 is 2.67 bits per heavy atom. The highest BCUT2D eigenvalue weighted by Gasteiger charge is 2.38. The summed E-state index contributed by atoms with van der Waals surface area (Å²) in [6.45, 7) is 6.05. The van der Waals surface area contributed by atoms with Crippen LogP contribution in [0.3, 0.4) is 0 Å². The van der Waals surface area contributed by atoms with Crippen molar-refractivity contribution in [3.8, 4) is 0 Å². The van der Waals surface area contributed by atoms with Gasteiger partial charge in [-0.1, -0.05) is 26.8 Å². The third kappa shape index (κ3) is 2.95. The highest BCUT2D eigenvalue weighted by Crippen LogP contribution is 2.35. The predicted molar refractivity (Wildman–Crippen MR) is 87.3 cm³/mol. The number of H-pyrrole nitrogens is 1. The molecule has 1 fully saturated rings. The summed E-state index contributed by atoms with van der Waals surface area (Å²) in [7, 11) is -3.79. The molecule has 0 amide bonds. The van der Waals surface area contributed by atoms with Crippen molar-refractivity contribution in [1.82, 2.24) is 19.5 Å². The van der Waals surface area contributed by atoms with Gasteiger partial charge in [-0.15, -0.1) is 0 Å². The summed E-state index contributed by atoms with van der Waals surface area (Å²) >= 11 is 0. The van der Waals surface area contributed by atoms with Gasteiger partial charge in [-0.05, 0) is 36.0 Å². The Labute approximate surface area is 141 Å². The quantitative estimate of drug-likeness (QED) is 0.921. The van der Waals surface area contributed by atoms with Gasteiger partial charge in [0.05, 0.1) is 10.9 Å². The maximum Gasteiger partial charge on any atom is 0.243 e. The van der Waals surface area contributed by atoms with Crippen LogP contribution in [0.2, 0.25) is 0 Å². The molecule has 1 aliphatic rings. The van der Waals surface area contributed by atoms with E-state index in [0.717, 1.165) is 12.5 Å². The summed E-state index contributed by atoms with van der Waals surface area (Å²) in [5, 5.41) is 6.52. The van der Waals surface area contributed by atoms with Crippen molar-refractivity contribution in [1.29, 1.82) is 0 Å². The first-order valence-corrected chi connectivity index (χ1v) is 9.32. The summed E-state index contributed by atoms with van der Waals surface area (Å²) in [6, 6.07) is 3.77. The van der Waals surface area contributed by atoms with Gasteiger partial charge in [0.1, 0.15) is 18.0 Å². The second kappa shape index (κ2) is 5.93. The molecule has 24 heavy (non-hydrogen) atoms. The van der Waals surface area contributed by atoms with E-state index in [1.54, 1.807) is 6.07 Å². The molecule has 8 heteroatoms. The molecular formula is C16H21FN4O2S. The lowest BCUT2D eigenvalue weighted by Gasteiger charge is -2.24. The third-order valence-corrected chi connectivity index (χ3v) is 6.21. The molecule has 1 N–H and O–H groups in total. The fourth-order valence-corrected chi connectivity index (χ4v) is 4.75. The highest BCUT2D eigenvalue weighted by atomic mass is 32.2. The van der Waals surface area contributed by atoms with E-state index in [-0.39, 0.29) is 16.4 Å². The van der Waals surface area contributed by atoms with E-state index in [1.807, 2.05) is 20.8 Å². The standard InChI is InChI=1S/C16H21FN4O2S/c1-16(2,3)12-7-6-11(9-13(12)17)24(22,23)21-8-4-5-14(21)15-18-10-19-20-15/h6-7,9-10,14H,4-5,8H2,1-3H3,(H,18,19,20)/t14-/m0/s1. The van der Waals surface area contributed by atoms with Crippen molar-refractivity contribution < 1.29 is 12.8 Å². The number of halogens is 1. The second-order valence-corrected chi connectivity index (χ2v) is 8.93. The predicted octanol–water partition coefficient (Wildman–Crippen LogP) is 2.77. The van der Waals surface area contributed by atoms with E-state index in [9.17, 15) is 12.8 Å². The first-order chi connectivity index (χ1) is 11.2. The average Bonchev–Trinajstić information content (AvgIpc) is 3.16. The van der Waals surface area contributed by atoms with E-state index < -0.39 is 15.8 Å². The monoisotopic (exact) mass is 352 g/mol. The molecule has 0 aliphatic carbocycles. The summed E-state index contributed by atoms with van der Waals surface area (Å²) in [5.41, 5.74) is 0.109. The SMILES string of the molecule is CC(C)(C)c1ccc(S(=O)(=O)N2CCC[C@H]2c2ncn[nH]2)cc1F. The normalized spacial score (nSPS) is 19.8. The van der Waals surface area contributed by atoms with Gasteiger partial charge < -0.3 is 0 Å². The fraction of sp³-hybridized carbons (Fsp3) is 0.500. The van der Waals surface area contributed by atoms with Crippen molar-refractivity contribution in [3.05, 3.63) is 41.7 Å². The molecule has 2 aromatic rings. The first-order valence-electron chi connectivity index (χ1n) is 7.88. The molecule has 3 rings (SSSR count). The smallest absolute Gasteiger partial charge is 0.243 e. The lowest BCUT2D eigenvalue weighted by Crippen LogP contribution is -2.31. The Balaban J connectivity index is 1.97. The van der Waals surface area contributed by atoms with E-state index >= 15 is 0 Å². The Morgan fingerprint density at radius 1 is 1.33 bits per heavy atom. The zero-order chi connectivity index (χ0) is 17.5. The van der Waals surface area contributed by atoms with Crippen LogP contribution in [-0.2, 0) is 15.4 Å². The van der Waals surface area contributed by atoms with Gasteiger partial charge in [0.25, 0.3) is 0 Å². The van der Waals surface area contributed by atoms with E-state index in [2.05, 4.69) is 15.2 Å². The van der Waals surface area contributed by atoms with Crippen LogP contribution in [-0.4, -0.2) is 34.4 Å². The Hall–Kier alpha value is -1.80. The van der Waals surface area contributed by atoms with Crippen LogP contribution in [0, 0.1) is 5.82 Å². The zero-order valence-electron chi connectivity index (χ0n) is 14.0. The minimum Gasteiger partial charge on any atom is -0.262 e. The number of nitrogens with one attached hydrogen (secondary N) is 1. The molecule has 1 saturated heterocycles. The summed E-state index contributed by atoms with van der Waals surface area (Å²) in [6.07, 6.45) is 2.75. The molecule has 1 atom stereocenters. The Bertz CT molecular complexity index is 828. The molecule has 0 unspecified atom stereocenters. The number of aromatic amines is 1. The van der Waals surface area contributed by atoms with Crippen LogP contribution >= 0.6 is 0 Å². The van der Waals surface area contributed by atoms with E-state index in [0.29, 0.717) is 24.4 Å². The van der Waals surface area contributed by atoms with Gasteiger partial charge in [0.15, 0.2) is 0 Å². The number of hydrogen-bond acceptors (Lipinski definition) is 4. The molecule has 6 nitrogen and oxygen atoms in total. The Morgan fingerprint density at radius 2 is 2.08 bits per heavy atom. The number of sulfonamides is 1. The van der Waals surface area contributed by atoms with Crippen LogP contribution in [0.25, 0.3) is 0 Å². The van der Waals surface area contributed by atoms with Crippen LogP contribution in [0.4, 0.5) is 4.39 Å². The first kappa shape index (κ1) is 17.0. The van der Waals surface area contributed by atoms with Gasteiger partial charge in [-0.25, -0.2) is 17.8 Å². The molecule has 0 spiro atoms. The van der Waals surface area contributed by atoms with Crippen LogP contribution in [0.5, 0.6) is 0 Å². The van der Waals surface area contributed by atoms with Crippen LogP contribution < -0.4 is 0 Å².